The molecule has 9 heteroatoms. The fourth-order valence-electron chi connectivity index (χ4n) is 2.64. The first kappa shape index (κ1) is 19.7. The van der Waals surface area contributed by atoms with Gasteiger partial charge in [-0.1, -0.05) is 30.3 Å². The van der Waals surface area contributed by atoms with Crippen molar-refractivity contribution in [1.29, 1.82) is 0 Å². The van der Waals surface area contributed by atoms with Gasteiger partial charge in [0.2, 0.25) is 15.9 Å². The molecule has 2 aromatic carbocycles. The molecule has 0 fully saturated rings. The van der Waals surface area contributed by atoms with Gasteiger partial charge in [-0.3, -0.25) is 4.79 Å². The first-order chi connectivity index (χ1) is 13.5. The van der Waals surface area contributed by atoms with Crippen LogP contribution in [-0.2, 0) is 14.8 Å². The van der Waals surface area contributed by atoms with Crippen LogP contribution in [0.2, 0.25) is 0 Å². The van der Waals surface area contributed by atoms with Gasteiger partial charge in [0, 0.05) is 13.0 Å². The average Bonchev–Trinajstić information content (AvgIpc) is 3.23. The highest BCUT2D eigenvalue weighted by molar-refractivity contribution is 7.89. The summed E-state index contributed by atoms with van der Waals surface area (Å²) in [7, 11) is -3.61. The Morgan fingerprint density at radius 3 is 2.46 bits per heavy atom. The van der Waals surface area contributed by atoms with E-state index in [4.69, 9.17) is 0 Å². The summed E-state index contributed by atoms with van der Waals surface area (Å²) >= 11 is 0. The SMILES string of the molecule is CC(NC(=O)CCNS(=O)(=O)c1ccccc1)c1ccc(-n2cncn2)cc1. The van der Waals surface area contributed by atoms with Crippen LogP contribution >= 0.6 is 0 Å². The summed E-state index contributed by atoms with van der Waals surface area (Å²) in [5, 5.41) is 6.93. The Morgan fingerprint density at radius 2 is 1.82 bits per heavy atom. The van der Waals surface area contributed by atoms with Crippen LogP contribution in [0.4, 0.5) is 0 Å². The molecule has 3 rings (SSSR count). The van der Waals surface area contributed by atoms with Crippen LogP contribution in [0.15, 0.2) is 72.1 Å². The second kappa shape index (κ2) is 8.77. The summed E-state index contributed by atoms with van der Waals surface area (Å²) < 4.78 is 28.3. The van der Waals surface area contributed by atoms with Crippen molar-refractivity contribution in [3.63, 3.8) is 0 Å². The highest BCUT2D eigenvalue weighted by atomic mass is 32.2. The van der Waals surface area contributed by atoms with E-state index in [0.29, 0.717) is 0 Å². The molecule has 146 valence electrons. The first-order valence-electron chi connectivity index (χ1n) is 8.75. The molecule has 0 saturated heterocycles. The summed E-state index contributed by atoms with van der Waals surface area (Å²) in [6.07, 6.45) is 3.12. The molecule has 1 unspecified atom stereocenters. The Kier molecular flexibility index (Phi) is 6.17. The lowest BCUT2D eigenvalue weighted by Crippen LogP contribution is -2.32. The Morgan fingerprint density at radius 1 is 1.11 bits per heavy atom. The number of rotatable bonds is 8. The molecule has 0 saturated carbocycles. The zero-order valence-electron chi connectivity index (χ0n) is 15.3. The van der Waals surface area contributed by atoms with E-state index in [1.165, 1.54) is 18.5 Å². The normalized spacial score (nSPS) is 12.5. The summed E-state index contributed by atoms with van der Waals surface area (Å²) in [5.74, 6) is -0.233. The van der Waals surface area contributed by atoms with Gasteiger partial charge in [-0.2, -0.15) is 5.10 Å². The van der Waals surface area contributed by atoms with Crippen molar-refractivity contribution in [2.75, 3.05) is 6.54 Å². The Hall–Kier alpha value is -3.04. The van der Waals surface area contributed by atoms with Gasteiger partial charge in [0.25, 0.3) is 0 Å². The first-order valence-corrected chi connectivity index (χ1v) is 10.2. The maximum Gasteiger partial charge on any atom is 0.240 e. The average molecular weight is 399 g/mol. The van der Waals surface area contributed by atoms with Crippen LogP contribution in [0.1, 0.15) is 24.9 Å². The lowest BCUT2D eigenvalue weighted by atomic mass is 10.1. The van der Waals surface area contributed by atoms with E-state index < -0.39 is 10.0 Å². The molecular weight excluding hydrogens is 378 g/mol. The van der Waals surface area contributed by atoms with Gasteiger partial charge in [-0.15, -0.1) is 0 Å². The monoisotopic (exact) mass is 399 g/mol. The molecule has 8 nitrogen and oxygen atoms in total. The van der Waals surface area contributed by atoms with E-state index in [0.717, 1.165) is 11.3 Å². The van der Waals surface area contributed by atoms with Gasteiger partial charge in [0.05, 0.1) is 16.6 Å². The van der Waals surface area contributed by atoms with E-state index in [1.54, 1.807) is 29.2 Å². The number of benzene rings is 2. The van der Waals surface area contributed by atoms with Crippen molar-refractivity contribution in [2.45, 2.75) is 24.3 Å². The van der Waals surface area contributed by atoms with Gasteiger partial charge in [0.15, 0.2) is 0 Å². The summed E-state index contributed by atoms with van der Waals surface area (Å²) in [6.45, 7) is 1.90. The zero-order valence-corrected chi connectivity index (χ0v) is 16.1. The smallest absolute Gasteiger partial charge is 0.240 e. The number of aromatic nitrogens is 3. The van der Waals surface area contributed by atoms with Gasteiger partial charge in [0.1, 0.15) is 12.7 Å². The van der Waals surface area contributed by atoms with Crippen molar-refractivity contribution in [3.8, 4) is 5.69 Å². The van der Waals surface area contributed by atoms with Gasteiger partial charge >= 0.3 is 0 Å². The predicted octanol–water partition coefficient (Wildman–Crippen LogP) is 1.81. The summed E-state index contributed by atoms with van der Waals surface area (Å²) in [6, 6.07) is 15.4. The number of nitrogens with one attached hydrogen (secondary N) is 2. The summed E-state index contributed by atoms with van der Waals surface area (Å²) in [4.78, 5) is 16.2. The third-order valence-corrected chi connectivity index (χ3v) is 5.63. The van der Waals surface area contributed by atoms with Crippen molar-refractivity contribution < 1.29 is 13.2 Å². The third-order valence-electron chi connectivity index (χ3n) is 4.15. The minimum Gasteiger partial charge on any atom is -0.350 e. The molecule has 2 N–H and O–H groups in total. The van der Waals surface area contributed by atoms with E-state index in [-0.39, 0.29) is 29.8 Å². The second-order valence-electron chi connectivity index (χ2n) is 6.18. The number of carbonyl (C=O) groups excluding carboxylic acids is 1. The lowest BCUT2D eigenvalue weighted by molar-refractivity contribution is -0.121. The summed E-state index contributed by atoms with van der Waals surface area (Å²) in [5.41, 5.74) is 1.80. The number of carbonyl (C=O) groups is 1. The Labute approximate surface area is 163 Å². The molecule has 1 amide bonds. The van der Waals surface area contributed by atoms with Gasteiger partial charge in [-0.25, -0.2) is 22.8 Å². The number of nitrogens with zero attached hydrogens (tertiary/aromatic N) is 3. The minimum absolute atomic E-state index is 0.0288. The Bertz CT molecular complexity index is 1000. The largest absolute Gasteiger partial charge is 0.350 e. The van der Waals surface area contributed by atoms with Gasteiger partial charge < -0.3 is 5.32 Å². The predicted molar refractivity (Wildman–Crippen MR) is 104 cm³/mol. The van der Waals surface area contributed by atoms with Crippen LogP contribution in [0.3, 0.4) is 0 Å². The second-order valence-corrected chi connectivity index (χ2v) is 7.95. The van der Waals surface area contributed by atoms with Crippen molar-refractivity contribution in [2.24, 2.45) is 0 Å². The zero-order chi connectivity index (χ0) is 20.0. The van der Waals surface area contributed by atoms with Crippen LogP contribution in [0.5, 0.6) is 0 Å². The third kappa shape index (κ3) is 5.02. The molecular formula is C19H21N5O3S. The number of hydrogen-bond acceptors (Lipinski definition) is 5. The maximum absolute atomic E-state index is 12.1. The fraction of sp³-hybridized carbons (Fsp3) is 0.211. The van der Waals surface area contributed by atoms with Crippen molar-refractivity contribution in [1.82, 2.24) is 24.8 Å². The standard InChI is InChI=1S/C19H21N5O3S/c1-15(16-7-9-17(10-8-16)24-14-20-13-21-24)23-19(25)11-12-22-28(26,27)18-5-3-2-4-6-18/h2-10,13-15,22H,11-12H2,1H3,(H,23,25). The molecule has 0 spiro atoms. The van der Waals surface area contributed by atoms with Gasteiger partial charge in [-0.05, 0) is 36.8 Å². The lowest BCUT2D eigenvalue weighted by Gasteiger charge is -2.15. The van der Waals surface area contributed by atoms with Crippen molar-refractivity contribution >= 4 is 15.9 Å². The topological polar surface area (TPSA) is 106 Å². The molecule has 3 aromatic rings. The maximum atomic E-state index is 12.1. The van der Waals surface area contributed by atoms with E-state index in [9.17, 15) is 13.2 Å². The number of amides is 1. The molecule has 28 heavy (non-hydrogen) atoms. The minimum atomic E-state index is -3.61. The highest BCUT2D eigenvalue weighted by Crippen LogP contribution is 2.15. The quantitative estimate of drug-likeness (QED) is 0.601. The van der Waals surface area contributed by atoms with Crippen LogP contribution < -0.4 is 10.0 Å². The van der Waals surface area contributed by atoms with E-state index in [1.807, 2.05) is 31.2 Å². The molecule has 0 bridgehead atoms. The Balaban J connectivity index is 1.49. The van der Waals surface area contributed by atoms with E-state index >= 15 is 0 Å². The number of sulfonamides is 1. The van der Waals surface area contributed by atoms with Crippen LogP contribution in [0.25, 0.3) is 5.69 Å². The van der Waals surface area contributed by atoms with Crippen LogP contribution in [0, 0.1) is 0 Å². The van der Waals surface area contributed by atoms with Crippen LogP contribution in [-0.4, -0.2) is 35.6 Å². The molecule has 1 atom stereocenters. The number of hydrogen-bond donors (Lipinski definition) is 2. The molecule has 1 heterocycles. The molecule has 0 radical (unpaired) electrons. The van der Waals surface area contributed by atoms with E-state index in [2.05, 4.69) is 20.1 Å². The molecule has 0 aliphatic rings. The molecule has 0 aliphatic heterocycles. The van der Waals surface area contributed by atoms with Crippen molar-refractivity contribution in [3.05, 3.63) is 72.8 Å². The fourth-order valence-corrected chi connectivity index (χ4v) is 3.69. The highest BCUT2D eigenvalue weighted by Gasteiger charge is 2.14. The molecule has 0 aliphatic carbocycles. The molecule has 1 aromatic heterocycles.